The number of carboxylic acid groups (broad SMARTS) is 1. The lowest BCUT2D eigenvalue weighted by Crippen LogP contribution is -1.98. The summed E-state index contributed by atoms with van der Waals surface area (Å²) in [5.41, 5.74) is 3.42. The molecule has 132 valence electrons. The normalized spacial score (nSPS) is 11.0. The Balaban J connectivity index is 1.89. The van der Waals surface area contributed by atoms with Crippen LogP contribution in [-0.2, 0) is 11.4 Å². The summed E-state index contributed by atoms with van der Waals surface area (Å²) in [4.78, 5) is 10.8. The van der Waals surface area contributed by atoms with Crippen LogP contribution in [0.15, 0.2) is 59.3 Å². The molecule has 3 nitrogen and oxygen atoms in total. The maximum Gasteiger partial charge on any atom is 0.328 e. The van der Waals surface area contributed by atoms with E-state index >= 15 is 0 Å². The molecule has 3 rings (SSSR count). The number of ether oxygens (including phenoxy) is 1. The van der Waals surface area contributed by atoms with Gasteiger partial charge >= 0.3 is 5.97 Å². The highest BCUT2D eigenvalue weighted by molar-refractivity contribution is 7.08. The maximum atomic E-state index is 10.8. The summed E-state index contributed by atoms with van der Waals surface area (Å²) in [6.07, 6.45) is 2.69. The van der Waals surface area contributed by atoms with Crippen molar-refractivity contribution >= 4 is 46.6 Å². The highest BCUT2D eigenvalue weighted by atomic mass is 35.5. The molecular formula is C20H14Cl2O3S. The van der Waals surface area contributed by atoms with Crippen LogP contribution in [0, 0.1) is 0 Å². The van der Waals surface area contributed by atoms with Crippen LogP contribution in [0.1, 0.15) is 11.1 Å². The van der Waals surface area contributed by atoms with Gasteiger partial charge in [-0.15, -0.1) is 0 Å². The predicted molar refractivity (Wildman–Crippen MR) is 107 cm³/mol. The molecule has 0 bridgehead atoms. The lowest BCUT2D eigenvalue weighted by atomic mass is 10.0. The van der Waals surface area contributed by atoms with Crippen molar-refractivity contribution in [3.63, 3.8) is 0 Å². The Hall–Kier alpha value is -2.27. The summed E-state index contributed by atoms with van der Waals surface area (Å²) in [6, 6.07) is 12.8. The van der Waals surface area contributed by atoms with Gasteiger partial charge in [0.25, 0.3) is 0 Å². The number of hydrogen-bond acceptors (Lipinski definition) is 3. The van der Waals surface area contributed by atoms with Gasteiger partial charge in [0.15, 0.2) is 0 Å². The van der Waals surface area contributed by atoms with Crippen molar-refractivity contribution in [3.05, 3.63) is 80.5 Å². The molecule has 0 saturated heterocycles. The summed E-state index contributed by atoms with van der Waals surface area (Å²) in [5, 5.41) is 14.0. The van der Waals surface area contributed by atoms with Crippen LogP contribution in [0.2, 0.25) is 10.0 Å². The van der Waals surface area contributed by atoms with Crippen LogP contribution in [0.4, 0.5) is 0 Å². The van der Waals surface area contributed by atoms with Crippen molar-refractivity contribution < 1.29 is 14.6 Å². The van der Waals surface area contributed by atoms with E-state index in [1.165, 1.54) is 0 Å². The number of halogens is 2. The van der Waals surface area contributed by atoms with Crippen molar-refractivity contribution in [1.82, 2.24) is 0 Å². The van der Waals surface area contributed by atoms with Gasteiger partial charge in [-0.05, 0) is 63.9 Å². The number of rotatable bonds is 6. The predicted octanol–water partition coefficient (Wildman–Crippen LogP) is 6.40. The quantitative estimate of drug-likeness (QED) is 0.483. The molecule has 0 spiro atoms. The maximum absolute atomic E-state index is 10.8. The second-order valence-electron chi connectivity index (χ2n) is 5.42. The average molecular weight is 405 g/mol. The highest BCUT2D eigenvalue weighted by Crippen LogP contribution is 2.32. The number of thiophene rings is 1. The lowest BCUT2D eigenvalue weighted by Gasteiger charge is -2.12. The summed E-state index contributed by atoms with van der Waals surface area (Å²) in [6.45, 7) is 0.242. The molecule has 26 heavy (non-hydrogen) atoms. The van der Waals surface area contributed by atoms with Crippen LogP contribution < -0.4 is 4.74 Å². The Morgan fingerprint density at radius 2 is 1.92 bits per heavy atom. The topological polar surface area (TPSA) is 46.5 Å². The van der Waals surface area contributed by atoms with Gasteiger partial charge in [-0.25, -0.2) is 4.79 Å². The summed E-state index contributed by atoms with van der Waals surface area (Å²) < 4.78 is 5.87. The van der Waals surface area contributed by atoms with Crippen molar-refractivity contribution in [2.45, 2.75) is 6.61 Å². The van der Waals surface area contributed by atoms with Gasteiger partial charge in [0.05, 0.1) is 0 Å². The number of aliphatic carboxylic acids is 1. The molecule has 2 aromatic carbocycles. The zero-order valence-electron chi connectivity index (χ0n) is 13.5. The van der Waals surface area contributed by atoms with E-state index in [2.05, 4.69) is 0 Å². The van der Waals surface area contributed by atoms with E-state index in [9.17, 15) is 4.79 Å². The van der Waals surface area contributed by atoms with E-state index in [0.717, 1.165) is 28.3 Å². The van der Waals surface area contributed by atoms with E-state index in [-0.39, 0.29) is 6.61 Å². The monoisotopic (exact) mass is 404 g/mol. The molecule has 0 aliphatic rings. The Labute approximate surface area is 165 Å². The standard InChI is InChI=1S/C20H14Cl2O3S/c21-18-2-1-3-19(22)17(18)11-25-15-6-4-13(5-7-20(23)24)16(10-15)14-8-9-26-12-14/h1-10,12H,11H2,(H,23,24)/b7-5+. The van der Waals surface area contributed by atoms with Crippen LogP contribution in [-0.4, -0.2) is 11.1 Å². The second kappa shape index (κ2) is 8.41. The third-order valence-electron chi connectivity index (χ3n) is 3.71. The first kappa shape index (κ1) is 18.5. The van der Waals surface area contributed by atoms with Gasteiger partial charge in [-0.3, -0.25) is 0 Å². The molecular weight excluding hydrogens is 391 g/mol. The van der Waals surface area contributed by atoms with Crippen LogP contribution in [0.5, 0.6) is 5.75 Å². The van der Waals surface area contributed by atoms with E-state index in [1.807, 2.05) is 29.0 Å². The van der Waals surface area contributed by atoms with Crippen molar-refractivity contribution in [1.29, 1.82) is 0 Å². The number of benzene rings is 2. The fraction of sp³-hybridized carbons (Fsp3) is 0.0500. The van der Waals surface area contributed by atoms with E-state index in [0.29, 0.717) is 15.8 Å². The van der Waals surface area contributed by atoms with Gasteiger partial charge in [0, 0.05) is 21.7 Å². The molecule has 6 heteroatoms. The molecule has 0 aliphatic carbocycles. The molecule has 0 unspecified atom stereocenters. The third kappa shape index (κ3) is 4.47. The summed E-state index contributed by atoms with van der Waals surface area (Å²) in [7, 11) is 0. The van der Waals surface area contributed by atoms with Gasteiger partial charge in [0.2, 0.25) is 0 Å². The lowest BCUT2D eigenvalue weighted by molar-refractivity contribution is -0.131. The molecule has 0 fully saturated rings. The Bertz CT molecular complexity index is 929. The molecule has 1 aromatic heterocycles. The first-order valence-electron chi connectivity index (χ1n) is 7.68. The smallest absolute Gasteiger partial charge is 0.328 e. The molecule has 3 aromatic rings. The molecule has 0 amide bonds. The number of hydrogen-bond donors (Lipinski definition) is 1. The minimum absolute atomic E-state index is 0.242. The van der Waals surface area contributed by atoms with Crippen LogP contribution >= 0.6 is 34.5 Å². The zero-order valence-corrected chi connectivity index (χ0v) is 15.8. The molecule has 0 aliphatic heterocycles. The molecule has 0 atom stereocenters. The van der Waals surface area contributed by atoms with Crippen molar-refractivity contribution in [3.8, 4) is 16.9 Å². The Kier molecular flexibility index (Phi) is 5.99. The first-order valence-corrected chi connectivity index (χ1v) is 9.38. The summed E-state index contributed by atoms with van der Waals surface area (Å²) >= 11 is 13.9. The SMILES string of the molecule is O=C(O)/C=C/c1ccc(OCc2c(Cl)cccc2Cl)cc1-c1ccsc1. The Morgan fingerprint density at radius 3 is 2.58 bits per heavy atom. The van der Waals surface area contributed by atoms with Gasteiger partial charge in [0.1, 0.15) is 12.4 Å². The minimum atomic E-state index is -0.991. The summed E-state index contributed by atoms with van der Waals surface area (Å²) in [5.74, 6) is -0.343. The highest BCUT2D eigenvalue weighted by Gasteiger charge is 2.09. The second-order valence-corrected chi connectivity index (χ2v) is 7.02. The third-order valence-corrected chi connectivity index (χ3v) is 5.10. The fourth-order valence-corrected chi connectivity index (χ4v) is 3.59. The van der Waals surface area contributed by atoms with Gasteiger partial charge < -0.3 is 9.84 Å². The van der Waals surface area contributed by atoms with Crippen LogP contribution in [0.3, 0.4) is 0 Å². The molecule has 0 radical (unpaired) electrons. The Morgan fingerprint density at radius 1 is 1.15 bits per heavy atom. The van der Waals surface area contributed by atoms with Crippen molar-refractivity contribution in [2.75, 3.05) is 0 Å². The van der Waals surface area contributed by atoms with E-state index in [1.54, 1.807) is 41.7 Å². The van der Waals surface area contributed by atoms with Gasteiger partial charge in [-0.1, -0.05) is 35.3 Å². The number of carboxylic acids is 1. The average Bonchev–Trinajstić information content (AvgIpc) is 3.14. The first-order chi connectivity index (χ1) is 12.5. The number of carbonyl (C=O) groups is 1. The molecule has 0 saturated carbocycles. The zero-order chi connectivity index (χ0) is 18.5. The van der Waals surface area contributed by atoms with Gasteiger partial charge in [-0.2, -0.15) is 11.3 Å². The van der Waals surface area contributed by atoms with Crippen molar-refractivity contribution in [2.24, 2.45) is 0 Å². The molecule has 1 heterocycles. The van der Waals surface area contributed by atoms with Crippen LogP contribution in [0.25, 0.3) is 17.2 Å². The van der Waals surface area contributed by atoms with E-state index in [4.69, 9.17) is 33.0 Å². The molecule has 1 N–H and O–H groups in total. The fourth-order valence-electron chi connectivity index (χ4n) is 2.43. The minimum Gasteiger partial charge on any atom is -0.489 e. The van der Waals surface area contributed by atoms with E-state index < -0.39 is 5.97 Å². The largest absolute Gasteiger partial charge is 0.489 e.